The van der Waals surface area contributed by atoms with Crippen LogP contribution in [0.5, 0.6) is 0 Å². The number of nitrogens with zero attached hydrogens (tertiary/aromatic N) is 1. The van der Waals surface area contributed by atoms with Crippen LogP contribution in [0.2, 0.25) is 0 Å². The summed E-state index contributed by atoms with van der Waals surface area (Å²) >= 11 is 0. The van der Waals surface area contributed by atoms with E-state index in [1.54, 1.807) is 0 Å². The van der Waals surface area contributed by atoms with Crippen LogP contribution >= 0.6 is 0 Å². The molecule has 7 heteroatoms. The molecule has 20 heavy (non-hydrogen) atoms. The molecule has 1 fully saturated rings. The van der Waals surface area contributed by atoms with Gasteiger partial charge >= 0.3 is 0 Å². The number of aliphatic hydroxyl groups excluding tert-OH is 1. The second-order valence-electron chi connectivity index (χ2n) is 4.48. The summed E-state index contributed by atoms with van der Waals surface area (Å²) in [6.07, 6.45) is 1.44. The maximum atomic E-state index is 13.9. The number of rotatable bonds is 3. The van der Waals surface area contributed by atoms with Crippen LogP contribution in [0.25, 0.3) is 0 Å². The summed E-state index contributed by atoms with van der Waals surface area (Å²) in [4.78, 5) is -0.644. The minimum atomic E-state index is -4.08. The lowest BCUT2D eigenvalue weighted by atomic mass is 10.2. The van der Waals surface area contributed by atoms with Crippen LogP contribution in [0.3, 0.4) is 0 Å². The average molecular weight is 301 g/mol. The number of hydrogen-bond donors (Lipinski definition) is 1. The van der Waals surface area contributed by atoms with Gasteiger partial charge in [0.15, 0.2) is 0 Å². The number of aliphatic hydroxyl groups is 1. The van der Waals surface area contributed by atoms with Crippen molar-refractivity contribution >= 4 is 10.0 Å². The first-order valence-corrected chi connectivity index (χ1v) is 7.38. The van der Waals surface area contributed by atoms with Crippen LogP contribution < -0.4 is 0 Å². The quantitative estimate of drug-likeness (QED) is 0.850. The molecule has 0 saturated heterocycles. The molecule has 1 aliphatic carbocycles. The molecule has 2 rings (SSSR count). The van der Waals surface area contributed by atoms with Gasteiger partial charge in [0.25, 0.3) is 0 Å². The van der Waals surface area contributed by atoms with Crippen molar-refractivity contribution in [3.05, 3.63) is 29.3 Å². The number of benzene rings is 1. The monoisotopic (exact) mass is 301 g/mol. The molecule has 108 valence electrons. The predicted octanol–water partition coefficient (Wildman–Crippen LogP) is 1.09. The third kappa shape index (κ3) is 2.82. The van der Waals surface area contributed by atoms with E-state index in [0.717, 1.165) is 23.2 Å². The smallest absolute Gasteiger partial charge is 0.247 e. The largest absolute Gasteiger partial charge is 0.384 e. The zero-order valence-electron chi connectivity index (χ0n) is 10.7. The van der Waals surface area contributed by atoms with Crippen LogP contribution in [0, 0.1) is 23.5 Å². The van der Waals surface area contributed by atoms with Crippen LogP contribution in [-0.2, 0) is 10.0 Å². The molecule has 1 aliphatic rings. The van der Waals surface area contributed by atoms with E-state index in [4.69, 9.17) is 5.11 Å². The Kier molecular flexibility index (Phi) is 4.09. The maximum absolute atomic E-state index is 13.9. The van der Waals surface area contributed by atoms with Gasteiger partial charge in [-0.15, -0.1) is 0 Å². The summed E-state index contributed by atoms with van der Waals surface area (Å²) in [6.45, 7) is -0.532. The van der Waals surface area contributed by atoms with E-state index in [9.17, 15) is 17.2 Å². The Morgan fingerprint density at radius 2 is 2.05 bits per heavy atom. The Bertz CT molecular complexity index is 688. The van der Waals surface area contributed by atoms with Gasteiger partial charge in [-0.05, 0) is 18.9 Å². The SMILES string of the molecule is CN(C1CC1)S(=O)(=O)c1c(F)cc(F)cc1C#CCO. The highest BCUT2D eigenvalue weighted by Gasteiger charge is 2.37. The van der Waals surface area contributed by atoms with Crippen molar-refractivity contribution in [3.8, 4) is 11.8 Å². The molecule has 1 aromatic carbocycles. The third-order valence-corrected chi connectivity index (χ3v) is 5.00. The standard InChI is InChI=1S/C13H13F2NO3S/c1-16(11-4-5-11)20(18,19)13-9(3-2-6-17)7-10(14)8-12(13)15/h7-8,11,17H,4-6H2,1H3. The summed E-state index contributed by atoms with van der Waals surface area (Å²) in [5.41, 5.74) is -0.288. The molecule has 1 N–H and O–H groups in total. The minimum Gasteiger partial charge on any atom is -0.384 e. The van der Waals surface area contributed by atoms with Crippen LogP contribution in [0.15, 0.2) is 17.0 Å². The van der Waals surface area contributed by atoms with Gasteiger partial charge in [0.1, 0.15) is 23.1 Å². The molecule has 0 radical (unpaired) electrons. The van der Waals surface area contributed by atoms with Gasteiger partial charge < -0.3 is 5.11 Å². The molecule has 0 unspecified atom stereocenters. The highest BCUT2D eigenvalue weighted by Crippen LogP contribution is 2.32. The van der Waals surface area contributed by atoms with Gasteiger partial charge in [0, 0.05) is 19.2 Å². The zero-order valence-corrected chi connectivity index (χ0v) is 11.5. The summed E-state index contributed by atoms with van der Waals surface area (Å²) in [5, 5.41) is 8.65. The summed E-state index contributed by atoms with van der Waals surface area (Å²) in [7, 11) is -2.72. The zero-order chi connectivity index (χ0) is 14.9. The van der Waals surface area contributed by atoms with E-state index in [1.807, 2.05) is 0 Å². The average Bonchev–Trinajstić information content (AvgIpc) is 3.18. The molecule has 0 spiro atoms. The van der Waals surface area contributed by atoms with Crippen molar-refractivity contribution in [3.63, 3.8) is 0 Å². The van der Waals surface area contributed by atoms with Crippen molar-refractivity contribution in [1.29, 1.82) is 0 Å². The molecule has 0 atom stereocenters. The second kappa shape index (κ2) is 5.48. The van der Waals surface area contributed by atoms with Crippen LogP contribution in [0.1, 0.15) is 18.4 Å². The Labute approximate surface area is 116 Å². The lowest BCUT2D eigenvalue weighted by Crippen LogP contribution is -2.30. The molecule has 0 amide bonds. The fourth-order valence-electron chi connectivity index (χ4n) is 1.83. The normalized spacial score (nSPS) is 15.1. The lowest BCUT2D eigenvalue weighted by Gasteiger charge is -2.18. The minimum absolute atomic E-state index is 0.150. The van der Waals surface area contributed by atoms with E-state index in [1.165, 1.54) is 7.05 Å². The first-order chi connectivity index (χ1) is 9.37. The second-order valence-corrected chi connectivity index (χ2v) is 6.41. The molecule has 0 heterocycles. The van der Waals surface area contributed by atoms with Crippen molar-refractivity contribution in [2.45, 2.75) is 23.8 Å². The number of hydrogen-bond acceptors (Lipinski definition) is 3. The Hall–Kier alpha value is -1.49. The Balaban J connectivity index is 2.59. The predicted molar refractivity (Wildman–Crippen MR) is 68.3 cm³/mol. The molecule has 4 nitrogen and oxygen atoms in total. The van der Waals surface area contributed by atoms with E-state index < -0.39 is 33.2 Å². The molecular formula is C13H13F2NO3S. The third-order valence-electron chi connectivity index (χ3n) is 3.01. The van der Waals surface area contributed by atoms with E-state index >= 15 is 0 Å². The van der Waals surface area contributed by atoms with Crippen molar-refractivity contribution < 1.29 is 22.3 Å². The fourth-order valence-corrected chi connectivity index (χ4v) is 3.41. The van der Waals surface area contributed by atoms with Crippen molar-refractivity contribution in [2.75, 3.05) is 13.7 Å². The molecule has 1 saturated carbocycles. The highest BCUT2D eigenvalue weighted by atomic mass is 32.2. The summed E-state index contributed by atoms with van der Waals surface area (Å²) < 4.78 is 52.9. The van der Waals surface area contributed by atoms with Gasteiger partial charge in [-0.2, -0.15) is 4.31 Å². The molecular weight excluding hydrogens is 288 g/mol. The summed E-state index contributed by atoms with van der Waals surface area (Å²) in [5.74, 6) is 2.38. The van der Waals surface area contributed by atoms with Gasteiger partial charge in [0.2, 0.25) is 10.0 Å². The van der Waals surface area contributed by atoms with Crippen molar-refractivity contribution in [1.82, 2.24) is 4.31 Å². The Morgan fingerprint density at radius 1 is 1.40 bits per heavy atom. The molecule has 0 bridgehead atoms. The van der Waals surface area contributed by atoms with Crippen LogP contribution in [-0.4, -0.2) is 37.5 Å². The topological polar surface area (TPSA) is 57.6 Å². The maximum Gasteiger partial charge on any atom is 0.247 e. The first-order valence-electron chi connectivity index (χ1n) is 5.94. The van der Waals surface area contributed by atoms with E-state index in [0.29, 0.717) is 6.07 Å². The van der Waals surface area contributed by atoms with Gasteiger partial charge in [-0.25, -0.2) is 17.2 Å². The number of halogens is 2. The highest BCUT2D eigenvalue weighted by molar-refractivity contribution is 7.89. The van der Waals surface area contributed by atoms with Gasteiger partial charge in [-0.3, -0.25) is 0 Å². The lowest BCUT2D eigenvalue weighted by molar-refractivity contribution is 0.350. The van der Waals surface area contributed by atoms with E-state index in [-0.39, 0.29) is 11.6 Å². The summed E-state index contributed by atoms with van der Waals surface area (Å²) in [6, 6.07) is 1.21. The van der Waals surface area contributed by atoms with Gasteiger partial charge in [-0.1, -0.05) is 11.8 Å². The van der Waals surface area contributed by atoms with Crippen LogP contribution in [0.4, 0.5) is 8.78 Å². The number of sulfonamides is 1. The van der Waals surface area contributed by atoms with E-state index in [2.05, 4.69) is 11.8 Å². The van der Waals surface area contributed by atoms with Gasteiger partial charge in [0.05, 0.1) is 5.56 Å². The first kappa shape index (κ1) is 14.9. The molecule has 0 aliphatic heterocycles. The molecule has 0 aromatic heterocycles. The van der Waals surface area contributed by atoms with Crippen molar-refractivity contribution in [2.24, 2.45) is 0 Å². The molecule has 1 aromatic rings. The Morgan fingerprint density at radius 3 is 2.60 bits per heavy atom. The fraction of sp³-hybridized carbons (Fsp3) is 0.385.